The Hall–Kier alpha value is -1.06. The largest absolute Gasteiger partial charge is 0.399 e. The highest BCUT2D eigenvalue weighted by Crippen LogP contribution is 2.06. The number of carbonyl (C=O) groups is 1. The molecule has 1 rings (SSSR count). The molecule has 0 saturated carbocycles. The monoisotopic (exact) mass is 185 g/mol. The van der Waals surface area contributed by atoms with Crippen molar-refractivity contribution in [2.75, 3.05) is 12.3 Å². The molecule has 0 heterocycles. The Morgan fingerprint density at radius 2 is 2.00 bits per heavy atom. The van der Waals surface area contributed by atoms with Gasteiger partial charge in [-0.2, -0.15) is 0 Å². The second kappa shape index (κ2) is 4.09. The van der Waals surface area contributed by atoms with E-state index < -0.39 is 0 Å². The number of hydrogen-bond donors (Lipinski definition) is 1. The highest BCUT2D eigenvalue weighted by Gasteiger charge is 2.04. The summed E-state index contributed by atoms with van der Waals surface area (Å²) in [6.45, 7) is -0.120. The van der Waals surface area contributed by atoms with Gasteiger partial charge in [0.1, 0.15) is 6.61 Å². The Balaban J connectivity index is 2.75. The van der Waals surface area contributed by atoms with E-state index in [9.17, 15) is 4.79 Å². The van der Waals surface area contributed by atoms with Crippen LogP contribution in [0, 0.1) is 0 Å². The number of nitrogens with two attached hydrogens (primary N) is 1. The molecule has 3 nitrogen and oxygen atoms in total. The van der Waals surface area contributed by atoms with E-state index in [4.69, 9.17) is 17.6 Å². The van der Waals surface area contributed by atoms with Crippen molar-refractivity contribution in [1.29, 1.82) is 0 Å². The lowest BCUT2D eigenvalue weighted by Gasteiger charge is -1.97. The molecule has 1 aromatic carbocycles. The van der Waals surface area contributed by atoms with Crippen molar-refractivity contribution < 1.29 is 9.08 Å². The van der Waals surface area contributed by atoms with Crippen LogP contribution in [0.2, 0.25) is 0 Å². The van der Waals surface area contributed by atoms with Crippen LogP contribution in [-0.2, 0) is 4.29 Å². The van der Waals surface area contributed by atoms with Gasteiger partial charge in [0.15, 0.2) is 5.78 Å². The predicted molar refractivity (Wildman–Crippen MR) is 47.0 cm³/mol. The minimum Gasteiger partial charge on any atom is -0.399 e. The summed E-state index contributed by atoms with van der Waals surface area (Å²) in [5.74, 6) is -0.162. The molecular formula is C8H8ClNO2. The standard InChI is InChI=1S/C8H8ClNO2/c9-12-5-8(11)6-1-3-7(10)4-2-6/h1-4H,5,10H2. The predicted octanol–water partition coefficient (Wildman–Crippen LogP) is 1.62. The lowest BCUT2D eigenvalue weighted by Crippen LogP contribution is -2.04. The van der Waals surface area contributed by atoms with Crippen LogP contribution in [0.3, 0.4) is 0 Å². The first-order valence-corrected chi connectivity index (χ1v) is 3.67. The van der Waals surface area contributed by atoms with Gasteiger partial charge < -0.3 is 5.73 Å². The molecule has 2 N–H and O–H groups in total. The maximum absolute atomic E-state index is 11.1. The van der Waals surface area contributed by atoms with Crippen LogP contribution in [0.15, 0.2) is 24.3 Å². The number of anilines is 1. The molecular weight excluding hydrogens is 178 g/mol. The second-order valence-electron chi connectivity index (χ2n) is 2.30. The molecule has 0 saturated heterocycles. The minimum absolute atomic E-state index is 0.120. The van der Waals surface area contributed by atoms with Crippen LogP contribution in [0.25, 0.3) is 0 Å². The number of rotatable bonds is 3. The van der Waals surface area contributed by atoms with Gasteiger partial charge in [0.25, 0.3) is 0 Å². The molecule has 0 unspecified atom stereocenters. The lowest BCUT2D eigenvalue weighted by molar-refractivity contribution is 0.0929. The number of carbonyl (C=O) groups excluding carboxylic acids is 1. The van der Waals surface area contributed by atoms with E-state index in [0.29, 0.717) is 11.3 Å². The van der Waals surface area contributed by atoms with Crippen molar-refractivity contribution in [3.05, 3.63) is 29.8 Å². The normalized spacial score (nSPS) is 9.75. The Labute approximate surface area is 75.3 Å². The fraction of sp³-hybridized carbons (Fsp3) is 0.125. The van der Waals surface area contributed by atoms with Crippen LogP contribution in [0.4, 0.5) is 5.69 Å². The van der Waals surface area contributed by atoms with Crippen molar-refractivity contribution in [3.8, 4) is 0 Å². The van der Waals surface area contributed by atoms with Crippen LogP contribution in [0.1, 0.15) is 10.4 Å². The van der Waals surface area contributed by atoms with Gasteiger partial charge in [-0.05, 0) is 24.3 Å². The molecule has 12 heavy (non-hydrogen) atoms. The minimum atomic E-state index is -0.162. The summed E-state index contributed by atoms with van der Waals surface area (Å²) in [5, 5.41) is 0. The molecule has 1 aromatic rings. The van der Waals surface area contributed by atoms with E-state index in [-0.39, 0.29) is 12.4 Å². The molecule has 0 amide bonds. The van der Waals surface area contributed by atoms with E-state index in [1.807, 2.05) is 0 Å². The fourth-order valence-corrected chi connectivity index (χ4v) is 0.901. The molecule has 0 bridgehead atoms. The molecule has 0 aromatic heterocycles. The SMILES string of the molecule is Nc1ccc(C(=O)COCl)cc1. The summed E-state index contributed by atoms with van der Waals surface area (Å²) < 4.78 is 4.18. The Kier molecular flexibility index (Phi) is 3.08. The van der Waals surface area contributed by atoms with Crippen LogP contribution >= 0.6 is 11.9 Å². The zero-order chi connectivity index (χ0) is 8.97. The first-order valence-electron chi connectivity index (χ1n) is 3.36. The van der Waals surface area contributed by atoms with Crippen LogP contribution in [-0.4, -0.2) is 12.4 Å². The highest BCUT2D eigenvalue weighted by atomic mass is 35.5. The average molecular weight is 186 g/mol. The van der Waals surface area contributed by atoms with Gasteiger partial charge in [-0.25, -0.2) is 0 Å². The van der Waals surface area contributed by atoms with E-state index in [2.05, 4.69) is 4.29 Å². The molecule has 4 heteroatoms. The number of nitrogen functional groups attached to an aromatic ring is 1. The smallest absolute Gasteiger partial charge is 0.190 e. The first kappa shape index (κ1) is 9.03. The number of benzene rings is 1. The molecule has 0 spiro atoms. The van der Waals surface area contributed by atoms with Crippen molar-refractivity contribution in [2.45, 2.75) is 0 Å². The summed E-state index contributed by atoms with van der Waals surface area (Å²) in [5.41, 5.74) is 6.60. The van der Waals surface area contributed by atoms with Gasteiger partial charge in [-0.3, -0.25) is 9.08 Å². The Bertz CT molecular complexity index is 271. The van der Waals surface area contributed by atoms with E-state index in [0.717, 1.165) is 0 Å². The first-order chi connectivity index (χ1) is 5.74. The molecule has 0 aliphatic carbocycles. The van der Waals surface area contributed by atoms with Crippen LogP contribution in [0.5, 0.6) is 0 Å². The van der Waals surface area contributed by atoms with Crippen LogP contribution < -0.4 is 5.73 Å². The van der Waals surface area contributed by atoms with Crippen molar-refractivity contribution >= 4 is 23.3 Å². The van der Waals surface area contributed by atoms with Crippen molar-refractivity contribution in [2.24, 2.45) is 0 Å². The topological polar surface area (TPSA) is 52.3 Å². The maximum Gasteiger partial charge on any atom is 0.190 e. The van der Waals surface area contributed by atoms with Gasteiger partial charge >= 0.3 is 0 Å². The van der Waals surface area contributed by atoms with E-state index >= 15 is 0 Å². The quantitative estimate of drug-likeness (QED) is 0.575. The number of ketones is 1. The molecule has 0 fully saturated rings. The summed E-state index contributed by atoms with van der Waals surface area (Å²) in [7, 11) is 0. The van der Waals surface area contributed by atoms with Gasteiger partial charge in [-0.15, -0.1) is 0 Å². The number of Topliss-reactive ketones (excluding diaryl/α,β-unsaturated/α-hetero) is 1. The number of halogens is 1. The molecule has 0 atom stereocenters. The molecule has 0 aliphatic rings. The van der Waals surface area contributed by atoms with Gasteiger partial charge in [0, 0.05) is 11.3 Å². The zero-order valence-corrected chi connectivity index (χ0v) is 7.04. The summed E-state index contributed by atoms with van der Waals surface area (Å²) in [6, 6.07) is 6.57. The molecule has 0 aliphatic heterocycles. The van der Waals surface area contributed by atoms with Gasteiger partial charge in [0.05, 0.1) is 11.9 Å². The maximum atomic E-state index is 11.1. The summed E-state index contributed by atoms with van der Waals surface area (Å²) in [6.07, 6.45) is 0. The third kappa shape index (κ3) is 2.22. The highest BCUT2D eigenvalue weighted by molar-refractivity contribution is 6.09. The van der Waals surface area contributed by atoms with Gasteiger partial charge in [-0.1, -0.05) is 0 Å². The second-order valence-corrected chi connectivity index (χ2v) is 2.52. The third-order valence-corrected chi connectivity index (χ3v) is 1.53. The molecule has 64 valence electrons. The third-order valence-electron chi connectivity index (χ3n) is 1.42. The van der Waals surface area contributed by atoms with Crippen molar-refractivity contribution in [1.82, 2.24) is 0 Å². The van der Waals surface area contributed by atoms with Crippen molar-refractivity contribution in [3.63, 3.8) is 0 Å². The summed E-state index contributed by atoms with van der Waals surface area (Å²) in [4.78, 5) is 11.1. The molecule has 0 radical (unpaired) electrons. The lowest BCUT2D eigenvalue weighted by atomic mass is 10.1. The number of hydrogen-bond acceptors (Lipinski definition) is 3. The average Bonchev–Trinajstić information content (AvgIpc) is 2.06. The van der Waals surface area contributed by atoms with Gasteiger partial charge in [0.2, 0.25) is 0 Å². The summed E-state index contributed by atoms with van der Waals surface area (Å²) >= 11 is 4.93. The Morgan fingerprint density at radius 3 is 2.50 bits per heavy atom. The van der Waals surface area contributed by atoms with E-state index in [1.54, 1.807) is 24.3 Å². The zero-order valence-electron chi connectivity index (χ0n) is 6.29. The fourth-order valence-electron chi connectivity index (χ4n) is 0.802. The van der Waals surface area contributed by atoms with E-state index in [1.165, 1.54) is 0 Å². The Morgan fingerprint density at radius 1 is 1.42 bits per heavy atom.